The van der Waals surface area contributed by atoms with Crippen molar-refractivity contribution >= 4 is 38.9 Å². The van der Waals surface area contributed by atoms with Crippen LogP contribution in [-0.4, -0.2) is 20.9 Å². The maximum absolute atomic E-state index is 13.8. The quantitative estimate of drug-likeness (QED) is 0.663. The topological polar surface area (TPSA) is 66.5 Å². The molecule has 1 aliphatic heterocycles. The minimum atomic E-state index is -4.05. The largest absolute Gasteiger partial charge is 0.324 e. The zero-order chi connectivity index (χ0) is 20.8. The Morgan fingerprint density at radius 3 is 2.52 bits per heavy atom. The molecule has 0 saturated carbocycles. The highest BCUT2D eigenvalue weighted by Gasteiger charge is 2.36. The van der Waals surface area contributed by atoms with Gasteiger partial charge in [0.25, 0.3) is 10.0 Å². The number of carbonyl (C=O) groups excluding carboxylic acids is 1. The van der Waals surface area contributed by atoms with Gasteiger partial charge in [0, 0.05) is 16.8 Å². The highest BCUT2D eigenvalue weighted by atomic mass is 35.5. The van der Waals surface area contributed by atoms with Crippen molar-refractivity contribution in [3.8, 4) is 11.1 Å². The van der Waals surface area contributed by atoms with Crippen LogP contribution in [0, 0.1) is 11.6 Å². The first-order chi connectivity index (χ1) is 13.8. The predicted molar refractivity (Wildman–Crippen MR) is 106 cm³/mol. The van der Waals surface area contributed by atoms with Gasteiger partial charge in [0.1, 0.15) is 18.2 Å². The average molecular weight is 435 g/mol. The van der Waals surface area contributed by atoms with Gasteiger partial charge in [-0.2, -0.15) is 0 Å². The second kappa shape index (κ2) is 7.13. The maximum atomic E-state index is 13.8. The van der Waals surface area contributed by atoms with Gasteiger partial charge in [0.2, 0.25) is 5.91 Å². The van der Waals surface area contributed by atoms with Gasteiger partial charge in [-0.3, -0.25) is 9.10 Å². The maximum Gasteiger partial charge on any atom is 0.265 e. The van der Waals surface area contributed by atoms with Crippen molar-refractivity contribution in [2.24, 2.45) is 0 Å². The number of sulfonamides is 1. The number of nitrogens with one attached hydrogen (secondary N) is 1. The lowest BCUT2D eigenvalue weighted by Crippen LogP contribution is -2.40. The molecule has 29 heavy (non-hydrogen) atoms. The van der Waals surface area contributed by atoms with E-state index in [1.54, 1.807) is 18.2 Å². The van der Waals surface area contributed by atoms with E-state index >= 15 is 0 Å². The first kappa shape index (κ1) is 19.4. The van der Waals surface area contributed by atoms with E-state index in [0.29, 0.717) is 11.1 Å². The van der Waals surface area contributed by atoms with Crippen molar-refractivity contribution in [3.05, 3.63) is 77.3 Å². The smallest absolute Gasteiger partial charge is 0.265 e. The molecule has 5 nitrogen and oxygen atoms in total. The third-order valence-electron chi connectivity index (χ3n) is 4.46. The number of benzene rings is 3. The molecule has 0 spiro atoms. The van der Waals surface area contributed by atoms with Crippen molar-refractivity contribution in [3.63, 3.8) is 0 Å². The lowest BCUT2D eigenvalue weighted by molar-refractivity contribution is -0.114. The number of amides is 1. The summed E-state index contributed by atoms with van der Waals surface area (Å²) in [4.78, 5) is 12.5. The van der Waals surface area contributed by atoms with Crippen LogP contribution >= 0.6 is 11.6 Å². The van der Waals surface area contributed by atoms with E-state index in [4.69, 9.17) is 11.6 Å². The van der Waals surface area contributed by atoms with Gasteiger partial charge in [-0.25, -0.2) is 17.2 Å². The summed E-state index contributed by atoms with van der Waals surface area (Å²) in [5.74, 6) is -1.83. The second-order valence-corrected chi connectivity index (χ2v) is 8.58. The Kier molecular flexibility index (Phi) is 4.76. The fourth-order valence-electron chi connectivity index (χ4n) is 3.18. The number of hydrogen-bond donors (Lipinski definition) is 1. The molecule has 0 bridgehead atoms. The van der Waals surface area contributed by atoms with Crippen molar-refractivity contribution < 1.29 is 22.0 Å². The Bertz CT molecular complexity index is 1250. The van der Waals surface area contributed by atoms with Crippen LogP contribution < -0.4 is 9.62 Å². The van der Waals surface area contributed by atoms with E-state index in [0.717, 1.165) is 16.4 Å². The van der Waals surface area contributed by atoms with Gasteiger partial charge < -0.3 is 5.32 Å². The first-order valence-corrected chi connectivity index (χ1v) is 10.3. The van der Waals surface area contributed by atoms with E-state index < -0.39 is 34.1 Å². The average Bonchev–Trinajstić information content (AvgIpc) is 2.68. The molecule has 1 N–H and O–H groups in total. The fraction of sp³-hybridized carbons (Fsp3) is 0.0500. The number of hydrogen-bond acceptors (Lipinski definition) is 3. The molecule has 4 rings (SSSR count). The molecule has 1 aliphatic rings. The molecule has 0 atom stereocenters. The number of halogens is 3. The lowest BCUT2D eigenvalue weighted by Gasteiger charge is -2.31. The standard InChI is InChI=1S/C20H13ClF2N2O3S/c21-16-10-13(6-7-17(16)23)24-20(26)11-25-18-8-5-12(22)9-15(18)14-3-1-2-4-19(14)29(25,27)28/h1-10H,11H2,(H,24,26). The van der Waals surface area contributed by atoms with Crippen molar-refractivity contribution in [1.82, 2.24) is 0 Å². The number of nitrogens with zero attached hydrogens (tertiary/aromatic N) is 1. The summed E-state index contributed by atoms with van der Waals surface area (Å²) < 4.78 is 54.3. The Balaban J connectivity index is 1.72. The Labute approximate surface area is 170 Å². The van der Waals surface area contributed by atoms with Gasteiger partial charge in [0.05, 0.1) is 15.6 Å². The number of fused-ring (bicyclic) bond motifs is 3. The molecular formula is C20H13ClF2N2O3S. The molecule has 0 saturated heterocycles. The Hall–Kier alpha value is -2.97. The molecule has 3 aromatic rings. The van der Waals surface area contributed by atoms with Crippen molar-refractivity contribution in [1.29, 1.82) is 0 Å². The third kappa shape index (κ3) is 3.45. The van der Waals surface area contributed by atoms with E-state index in [2.05, 4.69) is 5.32 Å². The molecule has 0 aliphatic carbocycles. The van der Waals surface area contributed by atoms with Crippen LogP contribution in [0.3, 0.4) is 0 Å². The second-order valence-electron chi connectivity index (χ2n) is 6.35. The zero-order valence-electron chi connectivity index (χ0n) is 14.7. The normalized spacial score (nSPS) is 14.1. The first-order valence-electron chi connectivity index (χ1n) is 8.44. The molecule has 1 heterocycles. The van der Waals surface area contributed by atoms with E-state index in [-0.39, 0.29) is 21.3 Å². The SMILES string of the molecule is O=C(CN1c2ccc(F)cc2-c2ccccc2S1(=O)=O)Nc1ccc(F)c(Cl)c1. The molecule has 9 heteroatoms. The highest BCUT2D eigenvalue weighted by molar-refractivity contribution is 7.93. The van der Waals surface area contributed by atoms with E-state index in [1.165, 1.54) is 30.3 Å². The van der Waals surface area contributed by atoms with Gasteiger partial charge in [0.15, 0.2) is 0 Å². The summed E-state index contributed by atoms with van der Waals surface area (Å²) in [7, 11) is -4.05. The Morgan fingerprint density at radius 2 is 1.76 bits per heavy atom. The molecule has 0 radical (unpaired) electrons. The fourth-order valence-corrected chi connectivity index (χ4v) is 5.01. The van der Waals surface area contributed by atoms with Crippen LogP contribution in [0.1, 0.15) is 0 Å². The molecule has 148 valence electrons. The summed E-state index contributed by atoms with van der Waals surface area (Å²) in [6.45, 7) is -0.551. The van der Waals surface area contributed by atoms with E-state index in [1.807, 2.05) is 0 Å². The summed E-state index contributed by atoms with van der Waals surface area (Å²) in [6.07, 6.45) is 0. The summed E-state index contributed by atoms with van der Waals surface area (Å²) in [5, 5.41) is 2.31. The molecule has 0 fully saturated rings. The van der Waals surface area contributed by atoms with Crippen LogP contribution in [-0.2, 0) is 14.8 Å². The number of rotatable bonds is 3. The monoisotopic (exact) mass is 434 g/mol. The van der Waals surface area contributed by atoms with Crippen LogP contribution in [0.25, 0.3) is 11.1 Å². The van der Waals surface area contributed by atoms with E-state index in [9.17, 15) is 22.0 Å². The summed E-state index contributed by atoms with van der Waals surface area (Å²) >= 11 is 5.70. The van der Waals surface area contributed by atoms with Gasteiger partial charge in [-0.05, 0) is 42.5 Å². The third-order valence-corrected chi connectivity index (χ3v) is 6.57. The molecule has 1 amide bonds. The zero-order valence-corrected chi connectivity index (χ0v) is 16.3. The summed E-state index contributed by atoms with van der Waals surface area (Å²) in [6, 6.07) is 13.5. The molecule has 0 aromatic heterocycles. The highest BCUT2D eigenvalue weighted by Crippen LogP contribution is 2.43. The van der Waals surface area contributed by atoms with Crippen LogP contribution in [0.4, 0.5) is 20.2 Å². The van der Waals surface area contributed by atoms with Gasteiger partial charge in [-0.15, -0.1) is 0 Å². The van der Waals surface area contributed by atoms with Gasteiger partial charge >= 0.3 is 0 Å². The lowest BCUT2D eigenvalue weighted by atomic mass is 10.0. The Morgan fingerprint density at radius 1 is 1.00 bits per heavy atom. The van der Waals surface area contributed by atoms with Crippen LogP contribution in [0.15, 0.2) is 65.6 Å². The molecule has 3 aromatic carbocycles. The molecule has 0 unspecified atom stereocenters. The van der Waals surface area contributed by atoms with Gasteiger partial charge in [-0.1, -0.05) is 29.8 Å². The number of carbonyl (C=O) groups is 1. The van der Waals surface area contributed by atoms with Crippen LogP contribution in [0.2, 0.25) is 5.02 Å². The van der Waals surface area contributed by atoms with Crippen LogP contribution in [0.5, 0.6) is 0 Å². The summed E-state index contributed by atoms with van der Waals surface area (Å²) in [5.41, 5.74) is 1.14. The minimum Gasteiger partial charge on any atom is -0.324 e. The molecular weight excluding hydrogens is 422 g/mol. The predicted octanol–water partition coefficient (Wildman–Crippen LogP) is 4.43. The van der Waals surface area contributed by atoms with Crippen molar-refractivity contribution in [2.75, 3.05) is 16.2 Å². The van der Waals surface area contributed by atoms with Crippen molar-refractivity contribution in [2.45, 2.75) is 4.90 Å². The number of anilines is 2. The minimum absolute atomic E-state index is 0.0178.